The zero-order valence-electron chi connectivity index (χ0n) is 17.3. The Labute approximate surface area is 195 Å². The van der Waals surface area contributed by atoms with E-state index < -0.39 is 0 Å². The number of carbonyl (C=O) groups is 1. The molecular formula is C25H22ClN3O2S. The van der Waals surface area contributed by atoms with Gasteiger partial charge in [-0.3, -0.25) is 14.7 Å². The third-order valence-electron chi connectivity index (χ3n) is 5.56. The second kappa shape index (κ2) is 9.28. The molecule has 0 saturated carbocycles. The third-order valence-corrected chi connectivity index (χ3v) is 6.59. The fourth-order valence-electron chi connectivity index (χ4n) is 3.95. The highest BCUT2D eigenvalue weighted by Crippen LogP contribution is 2.30. The molecule has 0 bridgehead atoms. The number of nitrogens with zero attached hydrogens (tertiary/aromatic N) is 2. The van der Waals surface area contributed by atoms with E-state index in [4.69, 9.17) is 16.3 Å². The van der Waals surface area contributed by atoms with Crippen molar-refractivity contribution in [1.29, 1.82) is 0 Å². The predicted molar refractivity (Wildman–Crippen MR) is 130 cm³/mol. The molecule has 32 heavy (non-hydrogen) atoms. The van der Waals surface area contributed by atoms with Crippen LogP contribution in [0.25, 0.3) is 10.9 Å². The van der Waals surface area contributed by atoms with Crippen LogP contribution in [0.2, 0.25) is 5.02 Å². The Morgan fingerprint density at radius 3 is 3.00 bits per heavy atom. The first-order valence-corrected chi connectivity index (χ1v) is 11.8. The lowest BCUT2D eigenvalue weighted by atomic mass is 10.1. The van der Waals surface area contributed by atoms with Crippen molar-refractivity contribution >= 4 is 45.4 Å². The first kappa shape index (κ1) is 20.9. The van der Waals surface area contributed by atoms with Crippen LogP contribution in [0, 0.1) is 0 Å². The van der Waals surface area contributed by atoms with Gasteiger partial charge in [0, 0.05) is 42.5 Å². The number of likely N-dealkylation sites (tertiary alicyclic amines) is 1. The monoisotopic (exact) mass is 463 g/mol. The van der Waals surface area contributed by atoms with Gasteiger partial charge in [-0.25, -0.2) is 0 Å². The number of ether oxygens (including phenoxy) is 1. The van der Waals surface area contributed by atoms with E-state index in [-0.39, 0.29) is 12.0 Å². The third kappa shape index (κ3) is 4.78. The molecule has 5 nitrogen and oxygen atoms in total. The number of anilines is 1. The van der Waals surface area contributed by atoms with Crippen molar-refractivity contribution in [1.82, 2.24) is 9.88 Å². The Kier molecular flexibility index (Phi) is 6.08. The topological polar surface area (TPSA) is 54.5 Å². The van der Waals surface area contributed by atoms with E-state index in [1.807, 2.05) is 36.4 Å². The van der Waals surface area contributed by atoms with E-state index in [9.17, 15) is 4.79 Å². The minimum atomic E-state index is -0.194. The van der Waals surface area contributed by atoms with Gasteiger partial charge in [0.1, 0.15) is 11.9 Å². The predicted octanol–water partition coefficient (Wildman–Crippen LogP) is 5.86. The van der Waals surface area contributed by atoms with Gasteiger partial charge in [-0.05, 0) is 71.3 Å². The molecule has 4 aromatic rings. The highest BCUT2D eigenvalue weighted by atomic mass is 35.5. The normalized spacial score (nSPS) is 16.3. The maximum Gasteiger partial charge on any atom is 0.255 e. The van der Waals surface area contributed by atoms with Crippen molar-refractivity contribution in [3.8, 4) is 5.75 Å². The van der Waals surface area contributed by atoms with Gasteiger partial charge in [-0.2, -0.15) is 11.3 Å². The van der Waals surface area contributed by atoms with Crippen LogP contribution in [0.4, 0.5) is 5.69 Å². The molecule has 2 aromatic carbocycles. The van der Waals surface area contributed by atoms with E-state index in [2.05, 4.69) is 32.0 Å². The quantitative estimate of drug-likeness (QED) is 0.389. The molecule has 0 spiro atoms. The molecule has 1 amide bonds. The number of carbonyl (C=O) groups excluding carboxylic acids is 1. The summed E-state index contributed by atoms with van der Waals surface area (Å²) in [5.74, 6) is 0.448. The van der Waals surface area contributed by atoms with Gasteiger partial charge in [0.15, 0.2) is 0 Å². The molecule has 1 aliphatic heterocycles. The zero-order chi connectivity index (χ0) is 21.9. The molecular weight excluding hydrogens is 442 g/mol. The van der Waals surface area contributed by atoms with Crippen molar-refractivity contribution in [3.63, 3.8) is 0 Å². The molecule has 1 atom stereocenters. The van der Waals surface area contributed by atoms with Crippen molar-refractivity contribution in [2.24, 2.45) is 0 Å². The Morgan fingerprint density at radius 2 is 2.16 bits per heavy atom. The molecule has 2 aromatic heterocycles. The molecule has 1 N–H and O–H groups in total. The lowest BCUT2D eigenvalue weighted by molar-refractivity contribution is 0.102. The average molecular weight is 464 g/mol. The number of nitrogens with one attached hydrogen (secondary N) is 1. The first-order valence-electron chi connectivity index (χ1n) is 10.5. The summed E-state index contributed by atoms with van der Waals surface area (Å²) in [7, 11) is 0. The van der Waals surface area contributed by atoms with Crippen LogP contribution in [0.15, 0.2) is 71.6 Å². The highest BCUT2D eigenvalue weighted by Gasteiger charge is 2.24. The largest absolute Gasteiger partial charge is 0.487 e. The Hall–Kier alpha value is -2.93. The maximum atomic E-state index is 12.7. The summed E-state index contributed by atoms with van der Waals surface area (Å²) in [6.07, 6.45) is 2.81. The van der Waals surface area contributed by atoms with Gasteiger partial charge in [0.25, 0.3) is 5.91 Å². The molecule has 1 fully saturated rings. The number of pyridine rings is 1. The summed E-state index contributed by atoms with van der Waals surface area (Å²) in [5.41, 5.74) is 3.40. The fraction of sp³-hybridized carbons (Fsp3) is 0.200. The van der Waals surface area contributed by atoms with Crippen LogP contribution in [0.3, 0.4) is 0 Å². The smallest absolute Gasteiger partial charge is 0.255 e. The van der Waals surface area contributed by atoms with Crippen LogP contribution in [-0.2, 0) is 6.54 Å². The van der Waals surface area contributed by atoms with Gasteiger partial charge in [0.05, 0.1) is 10.5 Å². The van der Waals surface area contributed by atoms with Gasteiger partial charge < -0.3 is 10.1 Å². The Balaban J connectivity index is 1.21. The summed E-state index contributed by atoms with van der Waals surface area (Å²) in [6, 6.07) is 16.8. The number of aromatic nitrogens is 1. The number of thiophene rings is 1. The van der Waals surface area contributed by atoms with Crippen molar-refractivity contribution in [3.05, 3.63) is 87.7 Å². The Bertz CT molecular complexity index is 1250. The van der Waals surface area contributed by atoms with Crippen molar-refractivity contribution < 1.29 is 9.53 Å². The molecule has 1 aliphatic rings. The highest BCUT2D eigenvalue weighted by molar-refractivity contribution is 7.07. The van der Waals surface area contributed by atoms with Gasteiger partial charge in [-0.15, -0.1) is 0 Å². The number of hydrogen-bond acceptors (Lipinski definition) is 5. The standard InChI is InChI=1S/C25H22ClN3O2S/c26-22-13-20(28-25(30)19-3-5-23-18(12-19)2-1-9-27-23)4-6-24(22)31-21-7-10-29(15-21)14-17-8-11-32-16-17/h1-6,8-9,11-13,16,21H,7,10,14-15H2,(H,28,30). The Morgan fingerprint density at radius 1 is 1.22 bits per heavy atom. The lowest BCUT2D eigenvalue weighted by Crippen LogP contribution is -2.24. The summed E-state index contributed by atoms with van der Waals surface area (Å²) < 4.78 is 6.16. The summed E-state index contributed by atoms with van der Waals surface area (Å²) in [6.45, 7) is 2.84. The second-order valence-corrected chi connectivity index (χ2v) is 9.09. The van der Waals surface area contributed by atoms with Crippen LogP contribution < -0.4 is 10.1 Å². The molecule has 3 heterocycles. The minimum Gasteiger partial charge on any atom is -0.487 e. The van der Waals surface area contributed by atoms with E-state index in [1.54, 1.807) is 29.7 Å². The summed E-state index contributed by atoms with van der Waals surface area (Å²) in [5, 5.41) is 8.62. The van der Waals surface area contributed by atoms with Gasteiger partial charge in [-0.1, -0.05) is 17.7 Å². The molecule has 7 heteroatoms. The molecule has 5 rings (SSSR count). The van der Waals surface area contributed by atoms with E-state index in [0.717, 1.165) is 37.0 Å². The fourth-order valence-corrected chi connectivity index (χ4v) is 4.84. The molecule has 0 aliphatic carbocycles. The number of hydrogen-bond donors (Lipinski definition) is 1. The SMILES string of the molecule is O=C(Nc1ccc(OC2CCN(Cc3ccsc3)C2)c(Cl)c1)c1ccc2ncccc2c1. The van der Waals surface area contributed by atoms with Crippen LogP contribution in [0.1, 0.15) is 22.3 Å². The van der Waals surface area contributed by atoms with Crippen LogP contribution >= 0.6 is 22.9 Å². The average Bonchev–Trinajstić information content (AvgIpc) is 3.48. The molecule has 0 radical (unpaired) electrons. The second-order valence-electron chi connectivity index (χ2n) is 7.91. The van der Waals surface area contributed by atoms with Crippen molar-refractivity contribution in [2.75, 3.05) is 18.4 Å². The number of halogens is 1. The van der Waals surface area contributed by atoms with E-state index in [0.29, 0.717) is 22.0 Å². The van der Waals surface area contributed by atoms with E-state index >= 15 is 0 Å². The molecule has 162 valence electrons. The van der Waals surface area contributed by atoms with E-state index in [1.165, 1.54) is 5.56 Å². The van der Waals surface area contributed by atoms with Crippen LogP contribution in [0.5, 0.6) is 5.75 Å². The minimum absolute atomic E-state index is 0.109. The number of fused-ring (bicyclic) bond motifs is 1. The summed E-state index contributed by atoms with van der Waals surface area (Å²) in [4.78, 5) is 19.4. The zero-order valence-corrected chi connectivity index (χ0v) is 18.9. The number of amides is 1. The number of rotatable bonds is 6. The van der Waals surface area contributed by atoms with Crippen LogP contribution in [-0.4, -0.2) is 35.0 Å². The molecule has 1 saturated heterocycles. The van der Waals surface area contributed by atoms with Crippen molar-refractivity contribution in [2.45, 2.75) is 19.1 Å². The maximum absolute atomic E-state index is 12.7. The van der Waals surface area contributed by atoms with Gasteiger partial charge >= 0.3 is 0 Å². The summed E-state index contributed by atoms with van der Waals surface area (Å²) >= 11 is 8.19. The number of benzene rings is 2. The first-order chi connectivity index (χ1) is 15.6. The molecule has 1 unspecified atom stereocenters. The lowest BCUT2D eigenvalue weighted by Gasteiger charge is -2.17. The van der Waals surface area contributed by atoms with Gasteiger partial charge in [0.2, 0.25) is 0 Å².